The molecule has 0 bridgehead atoms. The van der Waals surface area contributed by atoms with Gasteiger partial charge in [-0.05, 0) is 31.0 Å². The lowest BCUT2D eigenvalue weighted by Crippen LogP contribution is -2.38. The van der Waals surface area contributed by atoms with Gasteiger partial charge in [-0.3, -0.25) is 0 Å². The molecule has 0 radical (unpaired) electrons. The highest BCUT2D eigenvalue weighted by molar-refractivity contribution is 5.53. The van der Waals surface area contributed by atoms with E-state index in [1.165, 1.54) is 0 Å². The molecule has 1 atom stereocenters. The average Bonchev–Trinajstić information content (AvgIpc) is 2.29. The number of β-amino-alcohol motifs (C(OH)–C–C–N with tert-alkyl or cyclic N) is 1. The van der Waals surface area contributed by atoms with Crippen LogP contribution < -0.4 is 4.90 Å². The summed E-state index contributed by atoms with van der Waals surface area (Å²) in [5.74, 6) is 0.115. The molecule has 2 rings (SSSR count). The molecule has 0 saturated carbocycles. The van der Waals surface area contributed by atoms with Crippen LogP contribution >= 0.6 is 0 Å². The topological polar surface area (TPSA) is 63.9 Å². The Hall–Kier alpha value is -1.26. The largest absolute Gasteiger partial charge is 0.508 e. The predicted molar refractivity (Wildman–Crippen MR) is 61.5 cm³/mol. The van der Waals surface area contributed by atoms with E-state index in [1.54, 1.807) is 12.1 Å². The van der Waals surface area contributed by atoms with Crippen molar-refractivity contribution in [2.75, 3.05) is 18.0 Å². The smallest absolute Gasteiger partial charge is 0.121 e. The standard InChI is InChI=1S/C12H17NO3/c14-8-9-6-10(3-4-12(9)16)13-5-1-2-11(15)7-13/h3-4,6,11,14-16H,1-2,5,7-8H2. The lowest BCUT2D eigenvalue weighted by atomic mass is 10.1. The van der Waals surface area contributed by atoms with E-state index in [-0.39, 0.29) is 18.5 Å². The molecule has 1 fully saturated rings. The van der Waals surface area contributed by atoms with Crippen LogP contribution in [0.2, 0.25) is 0 Å². The second kappa shape index (κ2) is 4.72. The van der Waals surface area contributed by atoms with Crippen molar-refractivity contribution in [1.29, 1.82) is 0 Å². The molecule has 0 aliphatic carbocycles. The van der Waals surface area contributed by atoms with Gasteiger partial charge in [0.1, 0.15) is 5.75 Å². The summed E-state index contributed by atoms with van der Waals surface area (Å²) in [6, 6.07) is 5.17. The minimum Gasteiger partial charge on any atom is -0.508 e. The molecular formula is C12H17NO3. The van der Waals surface area contributed by atoms with Crippen LogP contribution in [0.5, 0.6) is 5.75 Å². The highest BCUT2D eigenvalue weighted by atomic mass is 16.3. The van der Waals surface area contributed by atoms with Crippen LogP contribution in [0.4, 0.5) is 5.69 Å². The first-order valence-corrected chi connectivity index (χ1v) is 5.56. The Morgan fingerprint density at radius 1 is 1.38 bits per heavy atom. The third kappa shape index (κ3) is 2.28. The van der Waals surface area contributed by atoms with E-state index < -0.39 is 0 Å². The summed E-state index contributed by atoms with van der Waals surface area (Å²) in [6.07, 6.45) is 1.54. The molecule has 0 spiro atoms. The van der Waals surface area contributed by atoms with Crippen molar-refractivity contribution in [3.63, 3.8) is 0 Å². The third-order valence-corrected chi connectivity index (χ3v) is 3.00. The molecule has 4 nitrogen and oxygen atoms in total. The Morgan fingerprint density at radius 2 is 2.19 bits per heavy atom. The van der Waals surface area contributed by atoms with Gasteiger partial charge in [0.05, 0.1) is 12.7 Å². The predicted octanol–water partition coefficient (Wildman–Crippen LogP) is 0.846. The van der Waals surface area contributed by atoms with Crippen molar-refractivity contribution in [1.82, 2.24) is 0 Å². The monoisotopic (exact) mass is 223 g/mol. The maximum atomic E-state index is 9.58. The Kier molecular flexibility index (Phi) is 3.31. The third-order valence-electron chi connectivity index (χ3n) is 3.00. The minimum absolute atomic E-state index is 0.115. The van der Waals surface area contributed by atoms with E-state index in [4.69, 9.17) is 5.11 Å². The van der Waals surface area contributed by atoms with Gasteiger partial charge >= 0.3 is 0 Å². The van der Waals surface area contributed by atoms with Gasteiger partial charge in [0.25, 0.3) is 0 Å². The number of hydrogen-bond donors (Lipinski definition) is 3. The average molecular weight is 223 g/mol. The van der Waals surface area contributed by atoms with Crippen molar-refractivity contribution >= 4 is 5.69 Å². The zero-order chi connectivity index (χ0) is 11.5. The van der Waals surface area contributed by atoms with E-state index in [2.05, 4.69) is 4.90 Å². The lowest BCUT2D eigenvalue weighted by molar-refractivity contribution is 0.154. The van der Waals surface area contributed by atoms with Gasteiger partial charge in [-0.15, -0.1) is 0 Å². The summed E-state index contributed by atoms with van der Waals surface area (Å²) >= 11 is 0. The zero-order valence-corrected chi connectivity index (χ0v) is 9.13. The molecule has 0 aromatic heterocycles. The molecule has 1 aliphatic rings. The number of phenols is 1. The fraction of sp³-hybridized carbons (Fsp3) is 0.500. The highest BCUT2D eigenvalue weighted by Crippen LogP contribution is 2.26. The van der Waals surface area contributed by atoms with Gasteiger partial charge in [-0.25, -0.2) is 0 Å². The summed E-state index contributed by atoms with van der Waals surface area (Å²) in [7, 11) is 0. The Morgan fingerprint density at radius 3 is 2.88 bits per heavy atom. The Balaban J connectivity index is 2.19. The van der Waals surface area contributed by atoms with Gasteiger partial charge in [0, 0.05) is 24.3 Å². The SMILES string of the molecule is OCc1cc(N2CCCC(O)C2)ccc1O. The van der Waals surface area contributed by atoms with E-state index in [1.807, 2.05) is 6.07 Å². The summed E-state index contributed by atoms with van der Waals surface area (Å²) in [6.45, 7) is 1.36. The van der Waals surface area contributed by atoms with Gasteiger partial charge < -0.3 is 20.2 Å². The molecule has 16 heavy (non-hydrogen) atoms. The lowest BCUT2D eigenvalue weighted by Gasteiger charge is -2.32. The summed E-state index contributed by atoms with van der Waals surface area (Å²) in [5.41, 5.74) is 1.47. The second-order valence-corrected chi connectivity index (χ2v) is 4.21. The molecule has 1 heterocycles. The first-order chi connectivity index (χ1) is 7.70. The summed E-state index contributed by atoms with van der Waals surface area (Å²) < 4.78 is 0. The van der Waals surface area contributed by atoms with E-state index >= 15 is 0 Å². The van der Waals surface area contributed by atoms with Crippen molar-refractivity contribution in [2.24, 2.45) is 0 Å². The second-order valence-electron chi connectivity index (χ2n) is 4.21. The maximum absolute atomic E-state index is 9.58. The van der Waals surface area contributed by atoms with Crippen LogP contribution in [-0.4, -0.2) is 34.5 Å². The number of nitrogens with zero attached hydrogens (tertiary/aromatic N) is 1. The molecule has 1 aromatic rings. The minimum atomic E-state index is -0.278. The molecule has 3 N–H and O–H groups in total. The van der Waals surface area contributed by atoms with Gasteiger partial charge in [-0.2, -0.15) is 0 Å². The maximum Gasteiger partial charge on any atom is 0.121 e. The van der Waals surface area contributed by atoms with Crippen molar-refractivity contribution < 1.29 is 15.3 Å². The fourth-order valence-corrected chi connectivity index (χ4v) is 2.08. The van der Waals surface area contributed by atoms with E-state index in [0.29, 0.717) is 12.1 Å². The number of aliphatic hydroxyl groups excluding tert-OH is 2. The van der Waals surface area contributed by atoms with Crippen LogP contribution in [0.15, 0.2) is 18.2 Å². The van der Waals surface area contributed by atoms with Crippen molar-refractivity contribution in [2.45, 2.75) is 25.6 Å². The van der Waals surface area contributed by atoms with Gasteiger partial charge in [-0.1, -0.05) is 0 Å². The van der Waals surface area contributed by atoms with Crippen LogP contribution in [-0.2, 0) is 6.61 Å². The molecule has 1 unspecified atom stereocenters. The van der Waals surface area contributed by atoms with Gasteiger partial charge in [0.15, 0.2) is 0 Å². The number of benzene rings is 1. The summed E-state index contributed by atoms with van der Waals surface area (Å²) in [5, 5.41) is 28.1. The number of aromatic hydroxyl groups is 1. The fourth-order valence-electron chi connectivity index (χ4n) is 2.08. The number of rotatable bonds is 2. The molecule has 0 amide bonds. The van der Waals surface area contributed by atoms with Crippen molar-refractivity contribution in [3.05, 3.63) is 23.8 Å². The Labute approximate surface area is 94.8 Å². The highest BCUT2D eigenvalue weighted by Gasteiger charge is 2.18. The Bertz CT molecular complexity index is 367. The zero-order valence-electron chi connectivity index (χ0n) is 9.13. The van der Waals surface area contributed by atoms with Crippen molar-refractivity contribution in [3.8, 4) is 5.75 Å². The van der Waals surface area contributed by atoms with Gasteiger partial charge in [0.2, 0.25) is 0 Å². The molecule has 1 aromatic carbocycles. The quantitative estimate of drug-likeness (QED) is 0.695. The van der Waals surface area contributed by atoms with E-state index in [9.17, 15) is 10.2 Å². The number of piperidine rings is 1. The number of hydrogen-bond acceptors (Lipinski definition) is 4. The number of anilines is 1. The molecule has 1 aliphatic heterocycles. The number of aliphatic hydroxyl groups is 2. The molecule has 4 heteroatoms. The molecule has 88 valence electrons. The summed E-state index contributed by atoms with van der Waals surface area (Å²) in [4.78, 5) is 2.08. The van der Waals surface area contributed by atoms with Crippen LogP contribution in [0.3, 0.4) is 0 Å². The normalized spacial score (nSPS) is 21.1. The molecule has 1 saturated heterocycles. The van der Waals surface area contributed by atoms with Crippen LogP contribution in [0.1, 0.15) is 18.4 Å². The van der Waals surface area contributed by atoms with Crippen LogP contribution in [0.25, 0.3) is 0 Å². The first-order valence-electron chi connectivity index (χ1n) is 5.56. The first kappa shape index (κ1) is 11.2. The van der Waals surface area contributed by atoms with Crippen LogP contribution in [0, 0.1) is 0 Å². The van der Waals surface area contributed by atoms with E-state index in [0.717, 1.165) is 25.1 Å². The molecular weight excluding hydrogens is 206 g/mol.